The Balaban J connectivity index is 1.70. The summed E-state index contributed by atoms with van der Waals surface area (Å²) >= 11 is 2.20. The van der Waals surface area contributed by atoms with E-state index in [1.54, 1.807) is 17.5 Å². The van der Waals surface area contributed by atoms with E-state index in [1.165, 1.54) is 34.2 Å². The van der Waals surface area contributed by atoms with E-state index in [-0.39, 0.29) is 27.0 Å². The number of hydrogen-bond acceptors (Lipinski definition) is 9. The van der Waals surface area contributed by atoms with Gasteiger partial charge < -0.3 is 9.30 Å². The Morgan fingerprint density at radius 2 is 1.97 bits per heavy atom. The van der Waals surface area contributed by atoms with E-state index in [4.69, 9.17) is 4.74 Å². The number of benzene rings is 1. The molecule has 1 unspecified atom stereocenters. The van der Waals surface area contributed by atoms with Gasteiger partial charge in [-0.3, -0.25) is 9.59 Å². The van der Waals surface area contributed by atoms with Crippen molar-refractivity contribution in [1.82, 2.24) is 8.87 Å². The molecule has 4 rings (SSSR count). The number of amides is 1. The summed E-state index contributed by atoms with van der Waals surface area (Å²) in [5.74, 6) is -1.69. The van der Waals surface area contributed by atoms with Crippen molar-refractivity contribution in [2.75, 3.05) is 26.5 Å². The lowest BCUT2D eigenvalue weighted by Gasteiger charge is -2.29. The average Bonchev–Trinajstić information content (AvgIpc) is 3.47. The van der Waals surface area contributed by atoms with Crippen LogP contribution in [-0.4, -0.2) is 64.0 Å². The zero-order chi connectivity index (χ0) is 25.4. The number of carbonyl (C=O) groups excluding carboxylic acids is 2. The molecule has 0 bridgehead atoms. The predicted molar refractivity (Wildman–Crippen MR) is 131 cm³/mol. The van der Waals surface area contributed by atoms with Crippen LogP contribution in [0.3, 0.4) is 0 Å². The summed E-state index contributed by atoms with van der Waals surface area (Å²) in [5.41, 5.74) is 0.532. The lowest BCUT2D eigenvalue weighted by molar-refractivity contribution is -0.141. The Kier molecular flexibility index (Phi) is 7.29. The SMILES string of the molecule is COC(=O)Cn1c(=NC(=O)C2CCCN(S(=O)(=O)c3cccs3)C2)sc2cc(S(C)(=O)=O)ccc21. The van der Waals surface area contributed by atoms with Crippen LogP contribution in [-0.2, 0) is 40.7 Å². The minimum absolute atomic E-state index is 0.0166. The Hall–Kier alpha value is -2.39. The third-order valence-electron chi connectivity index (χ3n) is 5.63. The fourth-order valence-electron chi connectivity index (χ4n) is 3.80. The summed E-state index contributed by atoms with van der Waals surface area (Å²) in [6.45, 7) is 0.122. The molecule has 1 fully saturated rings. The second kappa shape index (κ2) is 9.93. The molecule has 0 N–H and O–H groups in total. The number of fused-ring (bicyclic) bond motifs is 1. The van der Waals surface area contributed by atoms with E-state index >= 15 is 0 Å². The number of thiazole rings is 1. The molecule has 0 radical (unpaired) electrons. The highest BCUT2D eigenvalue weighted by Crippen LogP contribution is 2.27. The van der Waals surface area contributed by atoms with Gasteiger partial charge in [-0.15, -0.1) is 11.3 Å². The fraction of sp³-hybridized carbons (Fsp3) is 0.381. The van der Waals surface area contributed by atoms with Crippen molar-refractivity contribution in [1.29, 1.82) is 0 Å². The summed E-state index contributed by atoms with van der Waals surface area (Å²) in [4.78, 5) is 29.7. The highest BCUT2D eigenvalue weighted by Gasteiger charge is 2.34. The van der Waals surface area contributed by atoms with Crippen LogP contribution in [0.25, 0.3) is 10.2 Å². The number of nitrogens with zero attached hydrogens (tertiary/aromatic N) is 3. The quantitative estimate of drug-likeness (QED) is 0.423. The Labute approximate surface area is 210 Å². The Morgan fingerprint density at radius 3 is 2.63 bits per heavy atom. The molecule has 10 nitrogen and oxygen atoms in total. The summed E-state index contributed by atoms with van der Waals surface area (Å²) < 4.78 is 58.1. The molecule has 1 aromatic carbocycles. The van der Waals surface area contributed by atoms with Crippen molar-refractivity contribution >= 4 is 64.6 Å². The predicted octanol–water partition coefficient (Wildman–Crippen LogP) is 1.87. The van der Waals surface area contributed by atoms with Crippen molar-refractivity contribution in [2.45, 2.75) is 28.5 Å². The number of rotatable bonds is 6. The van der Waals surface area contributed by atoms with Gasteiger partial charge in [-0.1, -0.05) is 17.4 Å². The van der Waals surface area contributed by atoms with Crippen LogP contribution >= 0.6 is 22.7 Å². The van der Waals surface area contributed by atoms with E-state index in [0.29, 0.717) is 29.6 Å². The number of thiophene rings is 1. The molecular weight excluding hydrogens is 535 g/mol. The molecule has 0 spiro atoms. The molecule has 1 atom stereocenters. The van der Waals surface area contributed by atoms with Gasteiger partial charge in [-0.2, -0.15) is 9.30 Å². The molecule has 1 amide bonds. The fourth-order valence-corrected chi connectivity index (χ4v) is 8.27. The first-order valence-corrected chi connectivity index (χ1v) is 15.6. The van der Waals surface area contributed by atoms with Gasteiger partial charge in [0.25, 0.3) is 15.9 Å². The van der Waals surface area contributed by atoms with Gasteiger partial charge >= 0.3 is 5.97 Å². The van der Waals surface area contributed by atoms with E-state index < -0.39 is 37.7 Å². The number of sulfonamides is 1. The number of methoxy groups -OCH3 is 1. The van der Waals surface area contributed by atoms with Crippen LogP contribution in [0.5, 0.6) is 0 Å². The molecule has 1 aliphatic heterocycles. The Morgan fingerprint density at radius 1 is 1.20 bits per heavy atom. The first kappa shape index (κ1) is 25.7. The largest absolute Gasteiger partial charge is 0.468 e. The second-order valence-corrected chi connectivity index (χ2v) is 14.2. The van der Waals surface area contributed by atoms with Crippen LogP contribution in [0.4, 0.5) is 0 Å². The molecule has 1 aliphatic rings. The maximum Gasteiger partial charge on any atom is 0.325 e. The number of sulfone groups is 1. The van der Waals surface area contributed by atoms with Gasteiger partial charge in [0.05, 0.1) is 28.1 Å². The molecule has 188 valence electrons. The second-order valence-electron chi connectivity index (χ2n) is 8.03. The molecule has 3 heterocycles. The maximum absolute atomic E-state index is 13.1. The summed E-state index contributed by atoms with van der Waals surface area (Å²) in [5, 5.41) is 1.69. The number of ether oxygens (including phenoxy) is 1. The smallest absolute Gasteiger partial charge is 0.325 e. The monoisotopic (exact) mass is 557 g/mol. The topological polar surface area (TPSA) is 132 Å². The molecule has 3 aromatic rings. The third-order valence-corrected chi connectivity index (χ3v) is 11.0. The van der Waals surface area contributed by atoms with Gasteiger partial charge in [0.15, 0.2) is 14.6 Å². The van der Waals surface area contributed by atoms with Crippen LogP contribution < -0.4 is 4.80 Å². The van der Waals surface area contributed by atoms with Gasteiger partial charge in [-0.05, 0) is 42.5 Å². The summed E-state index contributed by atoms with van der Waals surface area (Å²) in [6, 6.07) is 7.66. The molecule has 2 aromatic heterocycles. The minimum atomic E-state index is -3.69. The van der Waals surface area contributed by atoms with Crippen molar-refractivity contribution < 1.29 is 31.2 Å². The lowest BCUT2D eigenvalue weighted by atomic mass is 9.99. The van der Waals surface area contributed by atoms with E-state index in [9.17, 15) is 26.4 Å². The van der Waals surface area contributed by atoms with Gasteiger partial charge in [0.1, 0.15) is 10.8 Å². The standard InChI is InChI=1S/C21H23N3O7S4/c1-31-18(25)13-24-16-8-7-15(34(2,27)28)11-17(16)33-21(24)22-20(26)14-5-3-9-23(12-14)35(29,30)19-6-4-10-32-19/h4,6-8,10-11,14H,3,5,9,12-13H2,1-2H3. The lowest BCUT2D eigenvalue weighted by Crippen LogP contribution is -2.42. The zero-order valence-electron chi connectivity index (χ0n) is 18.9. The van der Waals surface area contributed by atoms with Crippen LogP contribution in [0.2, 0.25) is 0 Å². The minimum Gasteiger partial charge on any atom is -0.468 e. The number of esters is 1. The molecule has 0 aliphatic carbocycles. The van der Waals surface area contributed by atoms with Crippen molar-refractivity contribution in [2.24, 2.45) is 10.9 Å². The summed E-state index contributed by atoms with van der Waals surface area (Å²) in [7, 11) is -5.90. The number of hydrogen-bond donors (Lipinski definition) is 0. The molecule has 1 saturated heterocycles. The third kappa shape index (κ3) is 5.40. The van der Waals surface area contributed by atoms with Gasteiger partial charge in [-0.25, -0.2) is 16.8 Å². The zero-order valence-corrected chi connectivity index (χ0v) is 22.2. The van der Waals surface area contributed by atoms with Crippen molar-refractivity contribution in [3.05, 3.63) is 40.5 Å². The van der Waals surface area contributed by atoms with E-state index in [0.717, 1.165) is 28.9 Å². The van der Waals surface area contributed by atoms with Crippen LogP contribution in [0, 0.1) is 5.92 Å². The van der Waals surface area contributed by atoms with Crippen LogP contribution in [0.1, 0.15) is 12.8 Å². The normalized spacial score (nSPS) is 18.1. The molecule has 0 saturated carbocycles. The average molecular weight is 558 g/mol. The highest BCUT2D eigenvalue weighted by atomic mass is 32.2. The van der Waals surface area contributed by atoms with Crippen molar-refractivity contribution in [3.63, 3.8) is 0 Å². The van der Waals surface area contributed by atoms with Crippen LogP contribution in [0.15, 0.2) is 49.8 Å². The maximum atomic E-state index is 13.1. The summed E-state index contributed by atoms with van der Waals surface area (Å²) in [6.07, 6.45) is 2.10. The van der Waals surface area contributed by atoms with Gasteiger partial charge in [0, 0.05) is 19.3 Å². The van der Waals surface area contributed by atoms with Gasteiger partial charge in [0.2, 0.25) is 0 Å². The first-order valence-electron chi connectivity index (χ1n) is 10.5. The van der Waals surface area contributed by atoms with E-state index in [1.807, 2.05) is 0 Å². The highest BCUT2D eigenvalue weighted by molar-refractivity contribution is 7.91. The Bertz CT molecular complexity index is 1550. The number of piperidine rings is 1. The molecule has 14 heteroatoms. The number of carbonyl (C=O) groups is 2. The number of aromatic nitrogens is 1. The van der Waals surface area contributed by atoms with Crippen molar-refractivity contribution in [3.8, 4) is 0 Å². The molecule has 35 heavy (non-hydrogen) atoms. The van der Waals surface area contributed by atoms with E-state index in [2.05, 4.69) is 4.99 Å². The first-order chi connectivity index (χ1) is 16.5. The molecular formula is C21H23N3O7S4.